The van der Waals surface area contributed by atoms with Gasteiger partial charge in [0, 0.05) is 22.7 Å². The van der Waals surface area contributed by atoms with E-state index in [1.165, 1.54) is 51.6 Å². The van der Waals surface area contributed by atoms with Crippen LogP contribution in [-0.4, -0.2) is 25.2 Å². The van der Waals surface area contributed by atoms with E-state index in [-0.39, 0.29) is 36.8 Å². The number of rotatable bonds is 4. The van der Waals surface area contributed by atoms with Crippen LogP contribution in [0.1, 0.15) is 82.0 Å². The highest BCUT2D eigenvalue weighted by Gasteiger charge is 2.69. The van der Waals surface area contributed by atoms with Gasteiger partial charge in [0.15, 0.2) is 0 Å². The number of benzene rings is 4. The van der Waals surface area contributed by atoms with Gasteiger partial charge in [0.25, 0.3) is 0 Å². The summed E-state index contributed by atoms with van der Waals surface area (Å²) in [7, 11) is 1.34. The van der Waals surface area contributed by atoms with Crippen LogP contribution < -0.4 is 0 Å². The van der Waals surface area contributed by atoms with E-state index in [0.29, 0.717) is 12.8 Å². The van der Waals surface area contributed by atoms with Crippen molar-refractivity contribution in [2.75, 3.05) is 7.11 Å². The minimum absolute atomic E-state index is 0.0215. The molecule has 0 saturated heterocycles. The maximum absolute atomic E-state index is 13.1. The first kappa shape index (κ1) is 23.7. The molecule has 7 aliphatic carbocycles. The van der Waals surface area contributed by atoms with Crippen molar-refractivity contribution in [3.63, 3.8) is 0 Å². The van der Waals surface area contributed by atoms with Gasteiger partial charge in [-0.25, -0.2) is 0 Å². The molecule has 11 rings (SSSR count). The summed E-state index contributed by atoms with van der Waals surface area (Å²) in [4.78, 5) is 24.9. The minimum Gasteiger partial charge on any atom is -0.469 e. The van der Waals surface area contributed by atoms with Crippen molar-refractivity contribution in [3.8, 4) is 0 Å². The molecule has 0 aromatic heterocycles. The molecule has 4 bridgehead atoms. The summed E-state index contributed by atoms with van der Waals surface area (Å²) >= 11 is 0. The van der Waals surface area contributed by atoms with E-state index in [1.807, 2.05) is 0 Å². The Morgan fingerprint density at radius 2 is 0.950 bits per heavy atom. The van der Waals surface area contributed by atoms with E-state index in [9.17, 15) is 9.59 Å². The molecule has 0 radical (unpaired) electrons. The molecule has 0 amide bonds. The van der Waals surface area contributed by atoms with Crippen molar-refractivity contribution < 1.29 is 19.1 Å². The molecular formula is C36H30O4. The van der Waals surface area contributed by atoms with Crippen LogP contribution in [-0.2, 0) is 29.9 Å². The molecule has 4 nitrogen and oxygen atoms in total. The fraction of sp³-hybridized carbons (Fsp3) is 0.278. The summed E-state index contributed by atoms with van der Waals surface area (Å²) in [6.07, 6.45) is 1.11. The van der Waals surface area contributed by atoms with E-state index in [4.69, 9.17) is 9.47 Å². The summed E-state index contributed by atoms with van der Waals surface area (Å²) in [5, 5.41) is 0. The summed E-state index contributed by atoms with van der Waals surface area (Å²) in [5.41, 5.74) is 10.2. The Morgan fingerprint density at radius 1 is 0.600 bits per heavy atom. The summed E-state index contributed by atoms with van der Waals surface area (Å²) in [5.74, 6) is -0.354. The number of carbonyl (C=O) groups excluding carboxylic acids is 2. The van der Waals surface area contributed by atoms with Gasteiger partial charge < -0.3 is 9.47 Å². The Kier molecular flexibility index (Phi) is 4.98. The standard InChI is InChI=1S/C36H30O4/c1-39-31(37)18-19-32(38)40-22-20-35-27-14-6-2-10-23(27)33(24-11-3-7-15-28(24)35)34-25-12-4-8-16-29(25)36(35,21-22)30-17-9-5-13-26(30)34/h2-17,22,33-34H,18-21H2,1H3. The number of esters is 2. The number of hydrogen-bond donors (Lipinski definition) is 0. The molecular weight excluding hydrogens is 496 g/mol. The molecule has 198 valence electrons. The molecule has 1 fully saturated rings. The van der Waals surface area contributed by atoms with Crippen molar-refractivity contribution >= 4 is 11.9 Å². The van der Waals surface area contributed by atoms with Crippen LogP contribution in [0, 0.1) is 0 Å². The maximum atomic E-state index is 13.1. The Balaban J connectivity index is 1.43. The first-order valence-corrected chi connectivity index (χ1v) is 14.2. The number of ether oxygens (including phenoxy) is 2. The van der Waals surface area contributed by atoms with Gasteiger partial charge in [0.1, 0.15) is 6.10 Å². The average molecular weight is 527 g/mol. The van der Waals surface area contributed by atoms with Crippen molar-refractivity contribution in [3.05, 3.63) is 142 Å². The molecule has 1 saturated carbocycles. The molecule has 7 aliphatic rings. The quantitative estimate of drug-likeness (QED) is 0.284. The van der Waals surface area contributed by atoms with Crippen molar-refractivity contribution in [2.45, 2.75) is 54.5 Å². The van der Waals surface area contributed by atoms with Crippen molar-refractivity contribution in [1.82, 2.24) is 0 Å². The predicted octanol–water partition coefficient (Wildman–Crippen LogP) is 6.52. The molecule has 4 aromatic carbocycles. The average Bonchev–Trinajstić information content (AvgIpc) is 3.30. The SMILES string of the molecule is COC(=O)CCC(=O)OC1CC23c4ccccc4C(c4ccccc42)C2c4ccccc4C3(C1)c1ccccc12. The third-order valence-electron chi connectivity index (χ3n) is 10.2. The zero-order valence-corrected chi connectivity index (χ0v) is 22.4. The molecule has 2 spiro atoms. The highest BCUT2D eigenvalue weighted by molar-refractivity contribution is 5.78. The highest BCUT2D eigenvalue weighted by Crippen LogP contribution is 2.73. The highest BCUT2D eigenvalue weighted by atomic mass is 16.5. The largest absolute Gasteiger partial charge is 0.469 e. The van der Waals surface area contributed by atoms with Gasteiger partial charge in [0.2, 0.25) is 0 Å². The second-order valence-electron chi connectivity index (χ2n) is 11.7. The second kappa shape index (κ2) is 8.41. The van der Waals surface area contributed by atoms with Crippen molar-refractivity contribution in [2.24, 2.45) is 0 Å². The van der Waals surface area contributed by atoms with Gasteiger partial charge in [-0.3, -0.25) is 9.59 Å². The summed E-state index contributed by atoms with van der Waals surface area (Å²) in [6, 6.07) is 36.0. The lowest BCUT2D eigenvalue weighted by Gasteiger charge is -2.60. The van der Waals surface area contributed by atoms with Crippen LogP contribution in [0.5, 0.6) is 0 Å². The smallest absolute Gasteiger partial charge is 0.306 e. The fourth-order valence-electron chi connectivity index (χ4n) is 9.07. The van der Waals surface area contributed by atoms with Crippen LogP contribution in [0.4, 0.5) is 0 Å². The Labute approximate surface area is 234 Å². The maximum Gasteiger partial charge on any atom is 0.306 e. The normalized spacial score (nSPS) is 27.8. The molecule has 0 heterocycles. The molecule has 0 atom stereocenters. The first-order chi connectivity index (χ1) is 19.6. The zero-order valence-electron chi connectivity index (χ0n) is 22.4. The number of carbonyl (C=O) groups is 2. The van der Waals surface area contributed by atoms with Crippen LogP contribution >= 0.6 is 0 Å². The Hall–Kier alpha value is -4.18. The lowest BCUT2D eigenvalue weighted by Crippen LogP contribution is -2.55. The third-order valence-corrected chi connectivity index (χ3v) is 10.2. The summed E-state index contributed by atoms with van der Waals surface area (Å²) in [6.45, 7) is 0. The molecule has 0 aliphatic heterocycles. The van der Waals surface area contributed by atoms with Gasteiger partial charge in [-0.05, 0) is 57.3 Å². The van der Waals surface area contributed by atoms with Gasteiger partial charge in [-0.15, -0.1) is 0 Å². The monoisotopic (exact) mass is 526 g/mol. The minimum atomic E-state index is -0.415. The van der Waals surface area contributed by atoms with Gasteiger partial charge in [0.05, 0.1) is 20.0 Å². The zero-order chi connectivity index (χ0) is 27.1. The predicted molar refractivity (Wildman–Crippen MR) is 151 cm³/mol. The van der Waals surface area contributed by atoms with Crippen LogP contribution in [0.25, 0.3) is 0 Å². The Morgan fingerprint density at radius 3 is 1.32 bits per heavy atom. The molecule has 0 unspecified atom stereocenters. The van der Waals surface area contributed by atoms with E-state index in [2.05, 4.69) is 97.1 Å². The lowest BCUT2D eigenvalue weighted by atomic mass is 9.42. The number of methoxy groups -OCH3 is 1. The van der Waals surface area contributed by atoms with E-state index >= 15 is 0 Å². The number of hydrogen-bond acceptors (Lipinski definition) is 4. The van der Waals surface area contributed by atoms with Crippen LogP contribution in [0.15, 0.2) is 97.1 Å². The van der Waals surface area contributed by atoms with Crippen molar-refractivity contribution in [1.29, 1.82) is 0 Å². The molecule has 0 N–H and O–H groups in total. The Bertz CT molecular complexity index is 1500. The second-order valence-corrected chi connectivity index (χ2v) is 11.7. The van der Waals surface area contributed by atoms with Crippen LogP contribution in [0.2, 0.25) is 0 Å². The third kappa shape index (κ3) is 2.81. The van der Waals surface area contributed by atoms with Crippen LogP contribution in [0.3, 0.4) is 0 Å². The lowest BCUT2D eigenvalue weighted by molar-refractivity contribution is -0.152. The molecule has 4 aromatic rings. The van der Waals surface area contributed by atoms with Gasteiger partial charge >= 0.3 is 11.9 Å². The first-order valence-electron chi connectivity index (χ1n) is 14.2. The van der Waals surface area contributed by atoms with E-state index in [0.717, 1.165) is 0 Å². The molecule has 40 heavy (non-hydrogen) atoms. The molecule has 4 heteroatoms. The fourth-order valence-corrected chi connectivity index (χ4v) is 9.07. The van der Waals surface area contributed by atoms with E-state index in [1.54, 1.807) is 0 Å². The summed E-state index contributed by atoms with van der Waals surface area (Å²) < 4.78 is 11.0. The van der Waals surface area contributed by atoms with Gasteiger partial charge in [-0.2, -0.15) is 0 Å². The topological polar surface area (TPSA) is 52.6 Å². The van der Waals surface area contributed by atoms with E-state index < -0.39 is 16.8 Å². The van der Waals surface area contributed by atoms with Gasteiger partial charge in [-0.1, -0.05) is 97.1 Å².